The normalized spacial score (nSPS) is 21.1. The van der Waals surface area contributed by atoms with E-state index < -0.39 is 31.0 Å². The van der Waals surface area contributed by atoms with Crippen LogP contribution in [0.3, 0.4) is 0 Å². The van der Waals surface area contributed by atoms with Gasteiger partial charge >= 0.3 is 5.85 Å². The molecule has 3 N–H and O–H groups in total. The zero-order chi connectivity index (χ0) is 9.78. The third-order valence-corrected chi connectivity index (χ3v) is 1.23. The molecule has 0 amide bonds. The van der Waals surface area contributed by atoms with Crippen LogP contribution < -0.4 is 0 Å². The van der Waals surface area contributed by atoms with Gasteiger partial charge in [-0.3, -0.25) is 4.79 Å². The molecule has 0 aromatic carbocycles. The SMILES string of the molecule is O=C[C@@](F)(OF)[C@@H](O)[C@H](O)CO. The Morgan fingerprint density at radius 1 is 1.58 bits per heavy atom. The van der Waals surface area contributed by atoms with Crippen LogP contribution in [0.25, 0.3) is 0 Å². The number of aliphatic hydroxyl groups excluding tert-OH is 3. The number of carbonyl (C=O) groups excluding carboxylic acids is 1. The highest BCUT2D eigenvalue weighted by molar-refractivity contribution is 5.61. The maximum absolute atomic E-state index is 12.6. The molecule has 0 aliphatic rings. The molecule has 0 bridgehead atoms. The van der Waals surface area contributed by atoms with Gasteiger partial charge in [-0.2, -0.15) is 4.39 Å². The zero-order valence-corrected chi connectivity index (χ0v) is 5.85. The van der Waals surface area contributed by atoms with Gasteiger partial charge in [0.25, 0.3) is 0 Å². The summed E-state index contributed by atoms with van der Waals surface area (Å²) in [6.45, 7) is -1.02. The largest absolute Gasteiger partial charge is 0.394 e. The second-order valence-electron chi connectivity index (χ2n) is 2.09. The average molecular weight is 186 g/mol. The number of aldehydes is 1. The fourth-order valence-corrected chi connectivity index (χ4v) is 0.496. The summed E-state index contributed by atoms with van der Waals surface area (Å²) in [5.74, 6) is -3.64. The standard InChI is InChI=1S/C5H8F2O5/c6-5(2-9,12-7)4(11)3(10)1-8/h2-4,8,10-11H,1H2/t3-,4+,5-/m1/s1. The Morgan fingerprint density at radius 2 is 2.08 bits per heavy atom. The summed E-state index contributed by atoms with van der Waals surface area (Å²) in [6, 6.07) is 0. The number of alkyl halides is 1. The lowest BCUT2D eigenvalue weighted by Crippen LogP contribution is -2.49. The molecule has 0 spiro atoms. The third-order valence-electron chi connectivity index (χ3n) is 1.23. The number of hydrogen-bond donors (Lipinski definition) is 3. The Morgan fingerprint density at radius 3 is 2.33 bits per heavy atom. The van der Waals surface area contributed by atoms with Crippen LogP contribution in [0.2, 0.25) is 0 Å². The molecule has 0 fully saturated rings. The predicted molar refractivity (Wildman–Crippen MR) is 31.2 cm³/mol. The fourth-order valence-electron chi connectivity index (χ4n) is 0.496. The molecule has 0 rings (SSSR count). The molecular weight excluding hydrogens is 178 g/mol. The summed E-state index contributed by atoms with van der Waals surface area (Å²) in [5.41, 5.74) is 0. The van der Waals surface area contributed by atoms with Gasteiger partial charge in [-0.15, -0.1) is 4.94 Å². The number of hydrogen-bond acceptors (Lipinski definition) is 5. The molecule has 72 valence electrons. The molecule has 0 unspecified atom stereocenters. The Bertz CT molecular complexity index is 155. The summed E-state index contributed by atoms with van der Waals surface area (Å²) in [4.78, 5) is 12.3. The molecule has 0 aromatic heterocycles. The van der Waals surface area contributed by atoms with Crippen LogP contribution in [0.1, 0.15) is 0 Å². The van der Waals surface area contributed by atoms with E-state index in [1.165, 1.54) is 0 Å². The molecule has 12 heavy (non-hydrogen) atoms. The molecule has 0 saturated carbocycles. The van der Waals surface area contributed by atoms with Gasteiger partial charge in [-0.05, 0) is 4.53 Å². The van der Waals surface area contributed by atoms with E-state index in [0.717, 1.165) is 0 Å². The van der Waals surface area contributed by atoms with Crippen molar-refractivity contribution in [2.75, 3.05) is 6.61 Å². The van der Waals surface area contributed by atoms with Gasteiger partial charge in [0.2, 0.25) is 0 Å². The van der Waals surface area contributed by atoms with Gasteiger partial charge < -0.3 is 15.3 Å². The predicted octanol–water partition coefficient (Wildman–Crippen LogP) is -1.53. The van der Waals surface area contributed by atoms with Crippen LogP contribution in [0, 0.1) is 0 Å². The Kier molecular flexibility index (Phi) is 4.18. The molecular formula is C5H8F2O5. The van der Waals surface area contributed by atoms with Crippen LogP contribution in [0.4, 0.5) is 8.92 Å². The minimum absolute atomic E-state index is 0.656. The highest BCUT2D eigenvalue weighted by Crippen LogP contribution is 2.18. The maximum Gasteiger partial charge on any atom is 0.328 e. The van der Waals surface area contributed by atoms with Crippen molar-refractivity contribution >= 4 is 6.29 Å². The second-order valence-corrected chi connectivity index (χ2v) is 2.09. The van der Waals surface area contributed by atoms with Crippen molar-refractivity contribution in [1.29, 1.82) is 0 Å². The first-order valence-corrected chi connectivity index (χ1v) is 2.93. The van der Waals surface area contributed by atoms with Gasteiger partial charge in [0, 0.05) is 0 Å². The number of carbonyl (C=O) groups is 1. The van der Waals surface area contributed by atoms with E-state index in [9.17, 15) is 13.7 Å². The van der Waals surface area contributed by atoms with Gasteiger partial charge in [-0.25, -0.2) is 0 Å². The molecule has 0 aromatic rings. The molecule has 3 atom stereocenters. The zero-order valence-electron chi connectivity index (χ0n) is 5.85. The van der Waals surface area contributed by atoms with Gasteiger partial charge in [0.1, 0.15) is 6.10 Å². The topological polar surface area (TPSA) is 87.0 Å². The number of rotatable bonds is 5. The van der Waals surface area contributed by atoms with E-state index in [2.05, 4.69) is 4.94 Å². The van der Waals surface area contributed by atoms with Crippen LogP contribution >= 0.6 is 0 Å². The summed E-state index contributed by atoms with van der Waals surface area (Å²) in [5, 5.41) is 25.4. The van der Waals surface area contributed by atoms with E-state index >= 15 is 0 Å². The molecule has 5 nitrogen and oxygen atoms in total. The minimum Gasteiger partial charge on any atom is -0.394 e. The molecule has 7 heteroatoms. The Labute approximate surface area is 66.1 Å². The van der Waals surface area contributed by atoms with Crippen molar-refractivity contribution in [2.24, 2.45) is 0 Å². The summed E-state index contributed by atoms with van der Waals surface area (Å²) < 4.78 is 23.9. The minimum atomic E-state index is -3.64. The summed E-state index contributed by atoms with van der Waals surface area (Å²) in [7, 11) is 0. The van der Waals surface area contributed by atoms with Crippen molar-refractivity contribution in [3.8, 4) is 0 Å². The third kappa shape index (κ3) is 2.18. The number of aliphatic hydroxyl groups is 3. The van der Waals surface area contributed by atoms with E-state index in [4.69, 9.17) is 15.3 Å². The highest BCUT2D eigenvalue weighted by atomic mass is 19.3. The van der Waals surface area contributed by atoms with Crippen molar-refractivity contribution in [3.63, 3.8) is 0 Å². The Hall–Kier alpha value is -0.630. The molecule has 0 radical (unpaired) electrons. The van der Waals surface area contributed by atoms with Crippen molar-refractivity contribution in [1.82, 2.24) is 0 Å². The molecule has 0 heterocycles. The maximum atomic E-state index is 12.6. The van der Waals surface area contributed by atoms with Crippen LogP contribution in [0.15, 0.2) is 0 Å². The Balaban J connectivity index is 4.40. The highest BCUT2D eigenvalue weighted by Gasteiger charge is 2.45. The lowest BCUT2D eigenvalue weighted by molar-refractivity contribution is -0.313. The molecule has 0 aliphatic carbocycles. The van der Waals surface area contributed by atoms with Crippen molar-refractivity contribution in [2.45, 2.75) is 18.1 Å². The van der Waals surface area contributed by atoms with Crippen molar-refractivity contribution in [3.05, 3.63) is 0 Å². The first kappa shape index (κ1) is 11.4. The first-order chi connectivity index (χ1) is 5.51. The smallest absolute Gasteiger partial charge is 0.328 e. The lowest BCUT2D eigenvalue weighted by atomic mass is 10.1. The van der Waals surface area contributed by atoms with Gasteiger partial charge in [-0.1, -0.05) is 0 Å². The van der Waals surface area contributed by atoms with Gasteiger partial charge in [0.05, 0.1) is 6.61 Å². The summed E-state index contributed by atoms with van der Waals surface area (Å²) >= 11 is 0. The van der Waals surface area contributed by atoms with E-state index in [-0.39, 0.29) is 0 Å². The lowest BCUT2D eigenvalue weighted by Gasteiger charge is -2.23. The summed E-state index contributed by atoms with van der Waals surface area (Å²) in [6.07, 6.45) is -5.11. The van der Waals surface area contributed by atoms with Crippen LogP contribution in [0.5, 0.6) is 0 Å². The second kappa shape index (κ2) is 4.41. The van der Waals surface area contributed by atoms with Gasteiger partial charge in [0.15, 0.2) is 12.4 Å². The van der Waals surface area contributed by atoms with E-state index in [1.807, 2.05) is 0 Å². The van der Waals surface area contributed by atoms with E-state index in [1.54, 1.807) is 0 Å². The number of halogens is 2. The van der Waals surface area contributed by atoms with Crippen LogP contribution in [-0.4, -0.2) is 46.3 Å². The fraction of sp³-hybridized carbons (Fsp3) is 0.800. The first-order valence-electron chi connectivity index (χ1n) is 2.93. The molecule has 0 aliphatic heterocycles. The monoisotopic (exact) mass is 186 g/mol. The average Bonchev–Trinajstić information content (AvgIpc) is 2.14. The van der Waals surface area contributed by atoms with E-state index in [0.29, 0.717) is 0 Å². The molecule has 0 saturated heterocycles. The van der Waals surface area contributed by atoms with Crippen LogP contribution in [-0.2, 0) is 9.74 Å². The van der Waals surface area contributed by atoms with Crippen molar-refractivity contribution < 1.29 is 34.0 Å². The quantitative estimate of drug-likeness (QED) is 0.453.